The van der Waals surface area contributed by atoms with Crippen LogP contribution in [0.25, 0.3) is 5.57 Å². The third-order valence-corrected chi connectivity index (χ3v) is 4.96. The summed E-state index contributed by atoms with van der Waals surface area (Å²) in [6.45, 7) is 2.94. The molecule has 0 saturated carbocycles. The average molecular weight is 326 g/mol. The number of amides is 1. The molecule has 1 heterocycles. The minimum Gasteiger partial charge on any atom is -0.337 e. The summed E-state index contributed by atoms with van der Waals surface area (Å²) in [5.74, 6) is -0.597. The smallest absolute Gasteiger partial charge is 0.246 e. The van der Waals surface area contributed by atoms with Crippen LogP contribution in [-0.2, 0) is 14.8 Å². The zero-order valence-electron chi connectivity index (χ0n) is 12.6. The Morgan fingerprint density at radius 2 is 1.77 bits per heavy atom. The van der Waals surface area contributed by atoms with Crippen LogP contribution in [-0.4, -0.2) is 56.0 Å². The zero-order valence-corrected chi connectivity index (χ0v) is 13.4. The summed E-state index contributed by atoms with van der Waals surface area (Å²) >= 11 is 0. The molecule has 0 aliphatic carbocycles. The lowest BCUT2D eigenvalue weighted by molar-refractivity contribution is -0.127. The number of hydrogen-bond donors (Lipinski definition) is 0. The molecule has 7 heteroatoms. The maximum absolute atomic E-state index is 13.7. The van der Waals surface area contributed by atoms with Gasteiger partial charge in [-0.25, -0.2) is 12.8 Å². The number of allylic oxidation sites excluding steroid dienone is 1. The van der Waals surface area contributed by atoms with E-state index < -0.39 is 10.0 Å². The zero-order chi connectivity index (χ0) is 16.3. The highest BCUT2D eigenvalue weighted by Crippen LogP contribution is 2.18. The Morgan fingerprint density at radius 1 is 1.18 bits per heavy atom. The third-order valence-electron chi connectivity index (χ3n) is 3.66. The van der Waals surface area contributed by atoms with Crippen molar-refractivity contribution in [3.8, 4) is 0 Å². The maximum atomic E-state index is 13.7. The van der Waals surface area contributed by atoms with E-state index in [0.717, 1.165) is 6.26 Å². The van der Waals surface area contributed by atoms with Crippen LogP contribution in [0.5, 0.6) is 0 Å². The lowest BCUT2D eigenvalue weighted by Gasteiger charge is -2.32. The van der Waals surface area contributed by atoms with E-state index in [2.05, 4.69) is 0 Å². The van der Waals surface area contributed by atoms with Gasteiger partial charge in [0.25, 0.3) is 0 Å². The average Bonchev–Trinajstić information content (AvgIpc) is 2.46. The molecule has 0 spiro atoms. The first kappa shape index (κ1) is 16.6. The van der Waals surface area contributed by atoms with Gasteiger partial charge in [0.2, 0.25) is 15.9 Å². The van der Waals surface area contributed by atoms with Gasteiger partial charge < -0.3 is 4.90 Å². The summed E-state index contributed by atoms with van der Waals surface area (Å²) in [5, 5.41) is 0. The van der Waals surface area contributed by atoms with Gasteiger partial charge in [-0.15, -0.1) is 0 Å². The predicted octanol–water partition coefficient (Wildman–Crippen LogP) is 1.33. The Balaban J connectivity index is 2.05. The van der Waals surface area contributed by atoms with Gasteiger partial charge >= 0.3 is 0 Å². The summed E-state index contributed by atoms with van der Waals surface area (Å²) in [6.07, 6.45) is 2.56. The van der Waals surface area contributed by atoms with Crippen molar-refractivity contribution in [2.45, 2.75) is 6.92 Å². The van der Waals surface area contributed by atoms with E-state index in [0.29, 0.717) is 24.2 Å². The summed E-state index contributed by atoms with van der Waals surface area (Å²) in [6, 6.07) is 6.28. The highest BCUT2D eigenvalue weighted by Gasteiger charge is 2.25. The first-order valence-corrected chi connectivity index (χ1v) is 8.81. The summed E-state index contributed by atoms with van der Waals surface area (Å²) in [5.41, 5.74) is 0.944. The monoisotopic (exact) mass is 326 g/mol. The lowest BCUT2D eigenvalue weighted by Crippen LogP contribution is -2.49. The van der Waals surface area contributed by atoms with E-state index >= 15 is 0 Å². The number of halogens is 1. The Bertz CT molecular complexity index is 692. The number of hydrogen-bond acceptors (Lipinski definition) is 3. The molecule has 1 aliphatic rings. The van der Waals surface area contributed by atoms with E-state index in [9.17, 15) is 17.6 Å². The largest absolute Gasteiger partial charge is 0.337 e. The third kappa shape index (κ3) is 3.92. The van der Waals surface area contributed by atoms with Crippen LogP contribution in [0.4, 0.5) is 4.39 Å². The predicted molar refractivity (Wildman–Crippen MR) is 83.0 cm³/mol. The van der Waals surface area contributed by atoms with E-state index in [4.69, 9.17) is 0 Å². The molecule has 0 bridgehead atoms. The van der Waals surface area contributed by atoms with Gasteiger partial charge in [0.05, 0.1) is 6.26 Å². The van der Waals surface area contributed by atoms with Gasteiger partial charge in [0.1, 0.15) is 5.82 Å². The van der Waals surface area contributed by atoms with Crippen LogP contribution < -0.4 is 0 Å². The van der Waals surface area contributed by atoms with E-state index in [1.807, 2.05) is 0 Å². The van der Waals surface area contributed by atoms with Crippen molar-refractivity contribution in [1.29, 1.82) is 0 Å². The molecule has 1 aliphatic heterocycles. The minimum atomic E-state index is -3.22. The van der Waals surface area contributed by atoms with Gasteiger partial charge in [0, 0.05) is 37.8 Å². The maximum Gasteiger partial charge on any atom is 0.246 e. The molecule has 2 rings (SSSR count). The molecule has 120 valence electrons. The Kier molecular flexibility index (Phi) is 4.97. The molecule has 22 heavy (non-hydrogen) atoms. The molecule has 1 fully saturated rings. The van der Waals surface area contributed by atoms with Gasteiger partial charge in [-0.05, 0) is 18.6 Å². The van der Waals surface area contributed by atoms with Gasteiger partial charge in [-0.3, -0.25) is 4.79 Å². The van der Waals surface area contributed by atoms with Crippen molar-refractivity contribution in [3.05, 3.63) is 41.7 Å². The van der Waals surface area contributed by atoms with Crippen molar-refractivity contribution in [2.75, 3.05) is 32.4 Å². The second-order valence-corrected chi connectivity index (χ2v) is 7.28. The first-order valence-electron chi connectivity index (χ1n) is 6.96. The molecule has 1 aromatic rings. The molecule has 5 nitrogen and oxygen atoms in total. The number of nitrogens with zero attached hydrogens (tertiary/aromatic N) is 2. The first-order chi connectivity index (χ1) is 10.3. The summed E-state index contributed by atoms with van der Waals surface area (Å²) in [7, 11) is -3.22. The molecular formula is C15H19FN2O3S. The van der Waals surface area contributed by atoms with Crippen molar-refractivity contribution in [1.82, 2.24) is 9.21 Å². The van der Waals surface area contributed by atoms with Crippen molar-refractivity contribution in [3.63, 3.8) is 0 Å². The van der Waals surface area contributed by atoms with E-state index in [1.165, 1.54) is 16.4 Å². The standard InChI is InChI=1S/C15H19FN2O3S/c1-12(13-5-3-4-6-14(13)16)11-15(19)17-7-9-18(10-8-17)22(2,20)21/h3-6,11H,7-10H2,1-2H3/b12-11-. The molecular weight excluding hydrogens is 307 g/mol. The fourth-order valence-electron chi connectivity index (χ4n) is 2.38. The molecule has 0 radical (unpaired) electrons. The number of piperazine rings is 1. The summed E-state index contributed by atoms with van der Waals surface area (Å²) < 4.78 is 37.9. The molecule has 1 saturated heterocycles. The van der Waals surface area contributed by atoms with Crippen molar-refractivity contribution >= 4 is 21.5 Å². The highest BCUT2D eigenvalue weighted by atomic mass is 32.2. The van der Waals surface area contributed by atoms with Crippen LogP contribution in [0.3, 0.4) is 0 Å². The highest BCUT2D eigenvalue weighted by molar-refractivity contribution is 7.88. The second kappa shape index (κ2) is 6.58. The summed E-state index contributed by atoms with van der Waals surface area (Å²) in [4.78, 5) is 13.8. The fourth-order valence-corrected chi connectivity index (χ4v) is 3.20. The van der Waals surface area contributed by atoms with Crippen LogP contribution in [0.2, 0.25) is 0 Å². The second-order valence-electron chi connectivity index (χ2n) is 5.29. The Morgan fingerprint density at radius 3 is 2.32 bits per heavy atom. The van der Waals surface area contributed by atoms with E-state index in [-0.39, 0.29) is 24.8 Å². The van der Waals surface area contributed by atoms with Gasteiger partial charge in [0.15, 0.2) is 0 Å². The number of carbonyl (C=O) groups is 1. The Hall–Kier alpha value is -1.73. The normalized spacial score (nSPS) is 17.6. The topological polar surface area (TPSA) is 57.7 Å². The molecule has 0 N–H and O–H groups in total. The SMILES string of the molecule is C/C(=C/C(=O)N1CCN(S(C)(=O)=O)CC1)c1ccccc1F. The van der Waals surface area contributed by atoms with Crippen LogP contribution in [0, 0.1) is 5.82 Å². The molecule has 0 unspecified atom stereocenters. The number of carbonyl (C=O) groups excluding carboxylic acids is 1. The quantitative estimate of drug-likeness (QED) is 0.788. The Labute approximate surface area is 130 Å². The number of sulfonamides is 1. The molecule has 1 aromatic carbocycles. The van der Waals surface area contributed by atoms with Crippen molar-refractivity contribution in [2.24, 2.45) is 0 Å². The van der Waals surface area contributed by atoms with Crippen LogP contribution in [0.1, 0.15) is 12.5 Å². The molecule has 0 atom stereocenters. The van der Waals surface area contributed by atoms with Gasteiger partial charge in [-0.1, -0.05) is 18.2 Å². The molecule has 1 amide bonds. The lowest BCUT2D eigenvalue weighted by atomic mass is 10.1. The minimum absolute atomic E-state index is 0.228. The van der Waals surface area contributed by atoms with Gasteiger partial charge in [-0.2, -0.15) is 4.31 Å². The number of benzene rings is 1. The van der Waals surface area contributed by atoms with Crippen LogP contribution >= 0.6 is 0 Å². The van der Waals surface area contributed by atoms with E-state index in [1.54, 1.807) is 30.0 Å². The molecule has 0 aromatic heterocycles. The fraction of sp³-hybridized carbons (Fsp3) is 0.400. The number of rotatable bonds is 3. The van der Waals surface area contributed by atoms with Crippen LogP contribution in [0.15, 0.2) is 30.3 Å². The van der Waals surface area contributed by atoms with Crippen molar-refractivity contribution < 1.29 is 17.6 Å².